The van der Waals surface area contributed by atoms with Gasteiger partial charge in [-0.15, -0.1) is 10.3 Å². The molecule has 1 atom stereocenters. The van der Waals surface area contributed by atoms with Gasteiger partial charge in [-0.2, -0.15) is 0 Å². The lowest BCUT2D eigenvalue weighted by molar-refractivity contribution is -0.290. The molecule has 0 unspecified atom stereocenters. The fourth-order valence-electron chi connectivity index (χ4n) is 6.53. The zero-order valence-electron chi connectivity index (χ0n) is 27.0. The minimum atomic E-state index is -0.884. The van der Waals surface area contributed by atoms with Gasteiger partial charge in [-0.1, -0.05) is 48.5 Å². The number of hydroxylamine groups is 2. The lowest BCUT2D eigenvalue weighted by Crippen LogP contribution is -2.63. The van der Waals surface area contributed by atoms with Crippen LogP contribution in [-0.2, 0) is 19.5 Å². The molecule has 0 bridgehead atoms. The highest BCUT2D eigenvalue weighted by molar-refractivity contribution is 5.86. The summed E-state index contributed by atoms with van der Waals surface area (Å²) in [7, 11) is 0. The van der Waals surface area contributed by atoms with Crippen LogP contribution in [0.25, 0.3) is 11.1 Å². The van der Waals surface area contributed by atoms with Crippen molar-refractivity contribution >= 4 is 18.1 Å². The van der Waals surface area contributed by atoms with Gasteiger partial charge in [-0.05, 0) is 96.4 Å². The van der Waals surface area contributed by atoms with Gasteiger partial charge in [0.2, 0.25) is 5.91 Å². The normalized spacial score (nSPS) is 18.5. The van der Waals surface area contributed by atoms with E-state index in [0.717, 1.165) is 27.3 Å². The number of benzene rings is 2. The Morgan fingerprint density at radius 3 is 2.00 bits per heavy atom. The van der Waals surface area contributed by atoms with Gasteiger partial charge in [0.15, 0.2) is 0 Å². The first-order valence-electron chi connectivity index (χ1n) is 15.4. The molecule has 2 aromatic rings. The van der Waals surface area contributed by atoms with Crippen LogP contribution in [0.3, 0.4) is 0 Å². The summed E-state index contributed by atoms with van der Waals surface area (Å²) in [6.07, 6.45) is 0.400. The van der Waals surface area contributed by atoms with E-state index in [4.69, 9.17) is 9.47 Å². The Morgan fingerprint density at radius 2 is 1.45 bits per heavy atom. The molecular weight excluding hydrogens is 560 g/mol. The van der Waals surface area contributed by atoms with Gasteiger partial charge < -0.3 is 25.4 Å². The highest BCUT2D eigenvalue weighted by atomic mass is 16.6. The summed E-state index contributed by atoms with van der Waals surface area (Å²) in [4.78, 5) is 38.6. The topological polar surface area (TPSA) is 129 Å². The molecular formula is C34H47N4O6. The Kier molecular flexibility index (Phi) is 9.95. The molecule has 1 heterocycles. The maximum Gasteiger partial charge on any atom is 0.408 e. The lowest BCUT2D eigenvalue weighted by Gasteiger charge is -2.50. The molecule has 44 heavy (non-hydrogen) atoms. The molecule has 3 N–H and O–H groups in total. The molecule has 1 aliphatic heterocycles. The van der Waals surface area contributed by atoms with E-state index in [2.05, 4.69) is 40.2 Å². The summed E-state index contributed by atoms with van der Waals surface area (Å²) in [6.45, 7) is 13.2. The van der Waals surface area contributed by atoms with E-state index in [9.17, 15) is 19.6 Å². The first-order chi connectivity index (χ1) is 20.6. The summed E-state index contributed by atoms with van der Waals surface area (Å²) in [5, 5.41) is 22.4. The second-order valence-corrected chi connectivity index (χ2v) is 14.1. The number of nitrogens with zero attached hydrogens (tertiary/aromatic N) is 1. The predicted molar refractivity (Wildman–Crippen MR) is 167 cm³/mol. The van der Waals surface area contributed by atoms with Crippen molar-refractivity contribution in [2.24, 2.45) is 0 Å². The van der Waals surface area contributed by atoms with Crippen LogP contribution < -0.4 is 16.0 Å². The van der Waals surface area contributed by atoms with Crippen molar-refractivity contribution in [3.63, 3.8) is 0 Å². The summed E-state index contributed by atoms with van der Waals surface area (Å²) in [5.41, 5.74) is 2.55. The van der Waals surface area contributed by atoms with E-state index in [1.54, 1.807) is 20.8 Å². The van der Waals surface area contributed by atoms with Gasteiger partial charge in [0, 0.05) is 29.6 Å². The Hall–Kier alpha value is -3.63. The molecule has 0 spiro atoms. The van der Waals surface area contributed by atoms with Crippen LogP contribution in [0.4, 0.5) is 9.59 Å². The van der Waals surface area contributed by atoms with Crippen molar-refractivity contribution in [3.05, 3.63) is 59.7 Å². The number of fused-ring (bicyclic) bond motifs is 3. The molecule has 239 valence electrons. The third-order valence-corrected chi connectivity index (χ3v) is 8.23. The van der Waals surface area contributed by atoms with Crippen LogP contribution in [0.1, 0.15) is 91.2 Å². The number of hydrogen-bond acceptors (Lipinski definition) is 6. The van der Waals surface area contributed by atoms with E-state index in [-0.39, 0.29) is 37.4 Å². The number of piperidine rings is 1. The molecule has 10 nitrogen and oxygen atoms in total. The van der Waals surface area contributed by atoms with Crippen molar-refractivity contribution < 1.29 is 29.1 Å². The number of alkyl carbamates (subject to hydrolysis) is 2. The van der Waals surface area contributed by atoms with Crippen molar-refractivity contribution in [1.29, 1.82) is 0 Å². The van der Waals surface area contributed by atoms with Gasteiger partial charge in [-0.3, -0.25) is 4.79 Å². The largest absolute Gasteiger partial charge is 0.449 e. The van der Waals surface area contributed by atoms with Crippen molar-refractivity contribution in [1.82, 2.24) is 21.0 Å². The average molecular weight is 608 g/mol. The number of ether oxygens (including phenoxy) is 2. The minimum absolute atomic E-state index is 0.0392. The smallest absolute Gasteiger partial charge is 0.408 e. The molecule has 2 aromatic carbocycles. The van der Waals surface area contributed by atoms with Crippen molar-refractivity contribution in [2.45, 2.75) is 109 Å². The second kappa shape index (κ2) is 13.2. The zero-order chi connectivity index (χ0) is 32.3. The molecule has 1 fully saturated rings. The highest BCUT2D eigenvalue weighted by Crippen LogP contribution is 2.44. The van der Waals surface area contributed by atoms with Gasteiger partial charge in [-0.25, -0.2) is 9.59 Å². The third-order valence-electron chi connectivity index (χ3n) is 8.23. The van der Waals surface area contributed by atoms with E-state index >= 15 is 0 Å². The Bertz CT molecular complexity index is 1290. The molecule has 1 radical (unpaired) electrons. The number of rotatable bonds is 9. The summed E-state index contributed by atoms with van der Waals surface area (Å²) >= 11 is 0. The number of hydrogen-bond donors (Lipinski definition) is 3. The average Bonchev–Trinajstić information content (AvgIpc) is 3.24. The molecule has 2 aliphatic rings. The molecule has 3 amide bonds. The molecule has 1 saturated heterocycles. The van der Waals surface area contributed by atoms with Crippen molar-refractivity contribution in [2.75, 3.05) is 13.2 Å². The molecule has 0 aromatic heterocycles. The number of amides is 3. The monoisotopic (exact) mass is 607 g/mol. The van der Waals surface area contributed by atoms with Crippen LogP contribution in [-0.4, -0.2) is 65.1 Å². The summed E-state index contributed by atoms with van der Waals surface area (Å²) < 4.78 is 11.0. The SMILES string of the molecule is CC(C)(C)OC(=O)N[C@@H](CCCNC(=O)OCC1c2ccccc2-c2ccccc21)C(=O)NC1CC(C)(C)N([O])C(C)(C)C1. The van der Waals surface area contributed by atoms with Crippen LogP contribution >= 0.6 is 0 Å². The highest BCUT2D eigenvalue weighted by Gasteiger charge is 2.46. The van der Waals surface area contributed by atoms with Gasteiger partial charge in [0.1, 0.15) is 18.2 Å². The summed E-state index contributed by atoms with van der Waals surface area (Å²) in [6, 6.07) is 15.2. The van der Waals surface area contributed by atoms with Gasteiger partial charge in [0.05, 0.1) is 0 Å². The van der Waals surface area contributed by atoms with Crippen LogP contribution in [0.15, 0.2) is 48.5 Å². The first-order valence-corrected chi connectivity index (χ1v) is 15.4. The minimum Gasteiger partial charge on any atom is -0.449 e. The number of carbonyl (C=O) groups is 3. The predicted octanol–water partition coefficient (Wildman–Crippen LogP) is 5.68. The summed E-state index contributed by atoms with van der Waals surface area (Å²) in [5.74, 6) is -0.393. The Balaban J connectivity index is 1.31. The maximum absolute atomic E-state index is 13.4. The van der Waals surface area contributed by atoms with Gasteiger partial charge >= 0.3 is 12.2 Å². The zero-order valence-corrected chi connectivity index (χ0v) is 27.0. The van der Waals surface area contributed by atoms with E-state index in [0.29, 0.717) is 19.3 Å². The fraction of sp³-hybridized carbons (Fsp3) is 0.559. The third kappa shape index (κ3) is 8.09. The van der Waals surface area contributed by atoms with E-state index < -0.39 is 34.9 Å². The van der Waals surface area contributed by atoms with Crippen LogP contribution in [0.2, 0.25) is 0 Å². The van der Waals surface area contributed by atoms with Crippen LogP contribution in [0, 0.1) is 0 Å². The lowest BCUT2D eigenvalue weighted by atomic mass is 9.79. The number of carbonyl (C=O) groups excluding carboxylic acids is 3. The molecule has 1 aliphatic carbocycles. The number of nitrogens with one attached hydrogen (secondary N) is 3. The first kappa shape index (κ1) is 33.3. The molecule has 0 saturated carbocycles. The van der Waals surface area contributed by atoms with E-state index in [1.807, 2.05) is 52.0 Å². The molecule has 4 rings (SSSR count). The Labute approximate surface area is 260 Å². The van der Waals surface area contributed by atoms with Crippen molar-refractivity contribution in [3.8, 4) is 11.1 Å². The standard InChI is InChI=1S/C34H47N4O6/c1-32(2,3)44-31(41)37-28(29(39)36-22-19-33(4,5)38(42)34(6,7)20-22)17-12-18-35-30(40)43-21-27-25-15-10-8-13-23(25)24-14-9-11-16-26(24)27/h8-11,13-16,22,27-28H,12,17-21H2,1-7H3,(H,35,40)(H,36,39)(H,37,41)/t28-/m0/s1. The van der Waals surface area contributed by atoms with E-state index in [1.165, 1.54) is 0 Å². The Morgan fingerprint density at radius 1 is 0.909 bits per heavy atom. The maximum atomic E-state index is 13.4. The second-order valence-electron chi connectivity index (χ2n) is 14.1. The molecule has 10 heteroatoms. The quantitative estimate of drug-likeness (QED) is 0.315. The fourth-order valence-corrected chi connectivity index (χ4v) is 6.53. The van der Waals surface area contributed by atoms with Crippen LogP contribution in [0.5, 0.6) is 0 Å². The van der Waals surface area contributed by atoms with Gasteiger partial charge in [0.25, 0.3) is 0 Å².